The van der Waals surface area contributed by atoms with Crippen LogP contribution < -0.4 is 5.56 Å². The highest BCUT2D eigenvalue weighted by Crippen LogP contribution is 2.19. The number of unbranched alkanes of at least 4 members (excludes halogenated alkanes) is 4. The maximum absolute atomic E-state index is 13.4. The van der Waals surface area contributed by atoms with E-state index in [0.29, 0.717) is 17.8 Å². The van der Waals surface area contributed by atoms with Crippen molar-refractivity contribution in [1.29, 1.82) is 0 Å². The standard InChI is InChI=1S/C27H41N3O3/c1-7-9-10-11-12-13-24(32)29(21(6)8-2)18-23(31)25-26(19(3)4)28-30(27(25)33)22-16-14-20(5)15-17-22/h14-17,19,21,28H,7-13,18H2,1-6H3. The number of nitrogens with zero attached hydrogens (tertiary/aromatic N) is 2. The number of nitrogens with one attached hydrogen (secondary N) is 1. The molecule has 0 saturated heterocycles. The Balaban J connectivity index is 2.28. The monoisotopic (exact) mass is 455 g/mol. The molecule has 1 N–H and O–H groups in total. The third kappa shape index (κ3) is 6.92. The van der Waals surface area contributed by atoms with Gasteiger partial charge in [-0.3, -0.25) is 19.5 Å². The van der Waals surface area contributed by atoms with Gasteiger partial charge in [-0.15, -0.1) is 0 Å². The summed E-state index contributed by atoms with van der Waals surface area (Å²) in [5, 5.41) is 3.15. The summed E-state index contributed by atoms with van der Waals surface area (Å²) in [5.74, 6) is -0.338. The van der Waals surface area contributed by atoms with E-state index in [0.717, 1.165) is 37.7 Å². The summed E-state index contributed by atoms with van der Waals surface area (Å²) in [6.45, 7) is 12.0. The number of Topliss-reactive ketones (excluding diaryl/α,β-unsaturated/α-hetero) is 1. The van der Waals surface area contributed by atoms with Crippen LogP contribution in [0, 0.1) is 6.92 Å². The van der Waals surface area contributed by atoms with Crippen LogP contribution in [0.3, 0.4) is 0 Å². The molecular formula is C27H41N3O3. The molecule has 0 aliphatic carbocycles. The quantitative estimate of drug-likeness (QED) is 0.308. The lowest BCUT2D eigenvalue weighted by atomic mass is 10.0. The van der Waals surface area contributed by atoms with E-state index < -0.39 is 0 Å². The largest absolute Gasteiger partial charge is 0.332 e. The van der Waals surface area contributed by atoms with E-state index in [1.54, 1.807) is 4.90 Å². The summed E-state index contributed by atoms with van der Waals surface area (Å²) in [4.78, 5) is 41.4. The van der Waals surface area contributed by atoms with Crippen LogP contribution in [-0.4, -0.2) is 39.0 Å². The molecule has 1 amide bonds. The van der Waals surface area contributed by atoms with Gasteiger partial charge in [0.2, 0.25) is 5.91 Å². The molecule has 1 aromatic carbocycles. The van der Waals surface area contributed by atoms with Crippen LogP contribution in [0.4, 0.5) is 0 Å². The lowest BCUT2D eigenvalue weighted by Gasteiger charge is -2.28. The summed E-state index contributed by atoms with van der Waals surface area (Å²) in [7, 11) is 0. The summed E-state index contributed by atoms with van der Waals surface area (Å²) < 4.78 is 1.44. The first-order chi connectivity index (χ1) is 15.7. The van der Waals surface area contributed by atoms with Gasteiger partial charge in [0.25, 0.3) is 5.56 Å². The number of amides is 1. The van der Waals surface area contributed by atoms with E-state index in [1.807, 2.05) is 58.9 Å². The van der Waals surface area contributed by atoms with Gasteiger partial charge >= 0.3 is 0 Å². The Morgan fingerprint density at radius 3 is 2.21 bits per heavy atom. The summed E-state index contributed by atoms with van der Waals surface area (Å²) >= 11 is 0. The average Bonchev–Trinajstić information content (AvgIpc) is 3.14. The Bertz CT molecular complexity index is 969. The van der Waals surface area contributed by atoms with E-state index in [1.165, 1.54) is 11.1 Å². The van der Waals surface area contributed by atoms with Gasteiger partial charge in [0.15, 0.2) is 5.78 Å². The van der Waals surface area contributed by atoms with Crippen LogP contribution in [0.2, 0.25) is 0 Å². The third-order valence-electron chi connectivity index (χ3n) is 6.32. The van der Waals surface area contributed by atoms with Gasteiger partial charge in [0.1, 0.15) is 5.56 Å². The number of aromatic nitrogens is 2. The zero-order chi connectivity index (χ0) is 24.5. The van der Waals surface area contributed by atoms with E-state index in [2.05, 4.69) is 12.0 Å². The highest BCUT2D eigenvalue weighted by atomic mass is 16.2. The lowest BCUT2D eigenvalue weighted by Crippen LogP contribution is -2.42. The van der Waals surface area contributed by atoms with Crippen molar-refractivity contribution in [2.75, 3.05) is 6.54 Å². The predicted octanol–water partition coefficient (Wildman–Crippen LogP) is 5.77. The minimum Gasteiger partial charge on any atom is -0.332 e. The van der Waals surface area contributed by atoms with E-state index >= 15 is 0 Å². The first-order valence-electron chi connectivity index (χ1n) is 12.5. The van der Waals surface area contributed by atoms with Crippen LogP contribution in [-0.2, 0) is 4.79 Å². The van der Waals surface area contributed by atoms with Crippen molar-refractivity contribution in [1.82, 2.24) is 14.7 Å². The maximum Gasteiger partial charge on any atom is 0.282 e. The Morgan fingerprint density at radius 2 is 1.64 bits per heavy atom. The Morgan fingerprint density at radius 1 is 1.00 bits per heavy atom. The van der Waals surface area contributed by atoms with Gasteiger partial charge < -0.3 is 4.90 Å². The summed E-state index contributed by atoms with van der Waals surface area (Å²) in [5.41, 5.74) is 2.20. The Labute approximate surface area is 198 Å². The van der Waals surface area contributed by atoms with Crippen LogP contribution in [0.5, 0.6) is 0 Å². The molecule has 0 aliphatic heterocycles. The molecule has 0 spiro atoms. The maximum atomic E-state index is 13.4. The van der Waals surface area contributed by atoms with E-state index in [9.17, 15) is 14.4 Å². The highest BCUT2D eigenvalue weighted by Gasteiger charge is 2.28. The van der Waals surface area contributed by atoms with Gasteiger partial charge in [-0.05, 0) is 44.7 Å². The molecule has 0 fully saturated rings. The SMILES string of the molecule is CCCCCCCC(=O)N(CC(=O)c1c(C(C)C)[nH]n(-c2ccc(C)cc2)c1=O)C(C)CC. The second kappa shape index (κ2) is 12.6. The van der Waals surface area contributed by atoms with Gasteiger partial charge in [0, 0.05) is 12.5 Å². The smallest absolute Gasteiger partial charge is 0.282 e. The molecule has 1 atom stereocenters. The van der Waals surface area contributed by atoms with Crippen LogP contribution >= 0.6 is 0 Å². The number of rotatable bonds is 13. The lowest BCUT2D eigenvalue weighted by molar-refractivity contribution is -0.132. The molecule has 182 valence electrons. The molecule has 2 rings (SSSR count). The summed E-state index contributed by atoms with van der Waals surface area (Å²) in [6.07, 6.45) is 6.54. The number of H-pyrrole nitrogens is 1. The van der Waals surface area contributed by atoms with Crippen molar-refractivity contribution in [3.63, 3.8) is 0 Å². The number of hydrogen-bond acceptors (Lipinski definition) is 3. The van der Waals surface area contributed by atoms with Crippen LogP contribution in [0.25, 0.3) is 5.69 Å². The van der Waals surface area contributed by atoms with Crippen LogP contribution in [0.1, 0.15) is 107 Å². The van der Waals surface area contributed by atoms with Crippen LogP contribution in [0.15, 0.2) is 29.1 Å². The molecule has 0 aliphatic rings. The molecule has 6 heteroatoms. The van der Waals surface area contributed by atoms with Gasteiger partial charge in [-0.2, -0.15) is 0 Å². The predicted molar refractivity (Wildman–Crippen MR) is 134 cm³/mol. The van der Waals surface area contributed by atoms with Crippen molar-refractivity contribution >= 4 is 11.7 Å². The fourth-order valence-electron chi connectivity index (χ4n) is 3.98. The number of aromatic amines is 1. The van der Waals surface area contributed by atoms with Crippen molar-refractivity contribution < 1.29 is 9.59 Å². The van der Waals surface area contributed by atoms with E-state index in [-0.39, 0.29) is 41.3 Å². The first kappa shape index (κ1) is 26.6. The fourth-order valence-corrected chi connectivity index (χ4v) is 3.98. The second-order valence-corrected chi connectivity index (χ2v) is 9.40. The zero-order valence-corrected chi connectivity index (χ0v) is 21.2. The number of benzene rings is 1. The number of carbonyl (C=O) groups excluding carboxylic acids is 2. The molecule has 1 unspecified atom stereocenters. The molecule has 33 heavy (non-hydrogen) atoms. The number of hydrogen-bond donors (Lipinski definition) is 1. The topological polar surface area (TPSA) is 75.2 Å². The number of ketones is 1. The molecule has 0 saturated carbocycles. The average molecular weight is 456 g/mol. The molecule has 2 aromatic rings. The molecule has 1 aromatic heterocycles. The fraction of sp³-hybridized carbons (Fsp3) is 0.593. The Kier molecular flexibility index (Phi) is 10.1. The van der Waals surface area contributed by atoms with Crippen molar-refractivity contribution in [2.45, 2.75) is 98.4 Å². The third-order valence-corrected chi connectivity index (χ3v) is 6.32. The van der Waals surface area contributed by atoms with Gasteiger partial charge in [-0.25, -0.2) is 4.68 Å². The zero-order valence-electron chi connectivity index (χ0n) is 21.2. The van der Waals surface area contributed by atoms with Crippen molar-refractivity contribution in [3.8, 4) is 5.69 Å². The van der Waals surface area contributed by atoms with Crippen molar-refractivity contribution in [3.05, 3.63) is 51.4 Å². The first-order valence-corrected chi connectivity index (χ1v) is 12.5. The molecule has 1 heterocycles. The highest BCUT2D eigenvalue weighted by molar-refractivity contribution is 6.00. The minimum atomic E-state index is -0.358. The number of carbonyl (C=O) groups is 2. The number of aryl methyl sites for hydroxylation is 1. The Hall–Kier alpha value is -2.63. The molecule has 6 nitrogen and oxygen atoms in total. The van der Waals surface area contributed by atoms with Gasteiger partial charge in [0.05, 0.1) is 17.9 Å². The molecule has 0 radical (unpaired) electrons. The van der Waals surface area contributed by atoms with Crippen molar-refractivity contribution in [2.24, 2.45) is 0 Å². The normalized spacial score (nSPS) is 12.2. The van der Waals surface area contributed by atoms with E-state index in [4.69, 9.17) is 0 Å². The van der Waals surface area contributed by atoms with Gasteiger partial charge in [-0.1, -0.05) is 71.1 Å². The minimum absolute atomic E-state index is 0.00492. The molecule has 0 bridgehead atoms. The molecular weight excluding hydrogens is 414 g/mol. The second-order valence-electron chi connectivity index (χ2n) is 9.40. The summed E-state index contributed by atoms with van der Waals surface area (Å²) in [6, 6.07) is 7.53.